The van der Waals surface area contributed by atoms with Crippen molar-refractivity contribution < 1.29 is 9.53 Å². The van der Waals surface area contributed by atoms with Crippen molar-refractivity contribution in [3.05, 3.63) is 40.1 Å². The van der Waals surface area contributed by atoms with Crippen LogP contribution in [-0.4, -0.2) is 43.7 Å². The fourth-order valence-electron chi connectivity index (χ4n) is 3.95. The van der Waals surface area contributed by atoms with Crippen molar-refractivity contribution >= 4 is 38.8 Å². The Morgan fingerprint density at radius 1 is 1.27 bits per heavy atom. The zero-order valence-electron chi connectivity index (χ0n) is 17.5. The van der Waals surface area contributed by atoms with Gasteiger partial charge in [-0.3, -0.25) is 4.79 Å². The SMILES string of the molecule is COCCNCCC(=O)NC1c2c(-c3nc4ccccc4s3)csc2C(C)NC1C. The lowest BCUT2D eigenvalue weighted by Gasteiger charge is -2.35. The summed E-state index contributed by atoms with van der Waals surface area (Å²) in [5, 5.41) is 13.3. The Labute approximate surface area is 185 Å². The summed E-state index contributed by atoms with van der Waals surface area (Å²) < 4.78 is 6.21. The van der Waals surface area contributed by atoms with Gasteiger partial charge in [-0.25, -0.2) is 4.98 Å². The monoisotopic (exact) mass is 444 g/mol. The number of carbonyl (C=O) groups excluding carboxylic acids is 1. The summed E-state index contributed by atoms with van der Waals surface area (Å²) in [6, 6.07) is 8.55. The van der Waals surface area contributed by atoms with Crippen molar-refractivity contribution in [2.75, 3.05) is 26.8 Å². The maximum absolute atomic E-state index is 12.7. The predicted molar refractivity (Wildman–Crippen MR) is 124 cm³/mol. The molecule has 0 spiro atoms. The van der Waals surface area contributed by atoms with Crippen LogP contribution in [0.4, 0.5) is 0 Å². The van der Waals surface area contributed by atoms with Gasteiger partial charge >= 0.3 is 0 Å². The smallest absolute Gasteiger partial charge is 0.221 e. The molecule has 30 heavy (non-hydrogen) atoms. The number of aromatic nitrogens is 1. The van der Waals surface area contributed by atoms with Crippen LogP contribution in [0.1, 0.15) is 42.8 Å². The van der Waals surface area contributed by atoms with Crippen LogP contribution < -0.4 is 16.0 Å². The third kappa shape index (κ3) is 4.43. The van der Waals surface area contributed by atoms with Gasteiger partial charge in [0.2, 0.25) is 5.91 Å². The molecule has 8 heteroatoms. The molecule has 1 amide bonds. The van der Waals surface area contributed by atoms with E-state index in [1.165, 1.54) is 15.1 Å². The van der Waals surface area contributed by atoms with Gasteiger partial charge in [-0.2, -0.15) is 0 Å². The highest BCUT2D eigenvalue weighted by atomic mass is 32.1. The summed E-state index contributed by atoms with van der Waals surface area (Å²) in [4.78, 5) is 18.8. The van der Waals surface area contributed by atoms with Gasteiger partial charge in [0, 0.05) is 60.1 Å². The van der Waals surface area contributed by atoms with Gasteiger partial charge < -0.3 is 20.7 Å². The lowest BCUT2D eigenvalue weighted by molar-refractivity contribution is -0.122. The Morgan fingerprint density at radius 3 is 2.90 bits per heavy atom. The summed E-state index contributed by atoms with van der Waals surface area (Å²) >= 11 is 3.46. The number of benzene rings is 1. The van der Waals surface area contributed by atoms with E-state index in [9.17, 15) is 4.79 Å². The fourth-order valence-corrected chi connectivity index (χ4v) is 6.14. The third-order valence-corrected chi connectivity index (χ3v) is 7.68. The summed E-state index contributed by atoms with van der Waals surface area (Å²) in [7, 11) is 1.67. The molecule has 0 bridgehead atoms. The second-order valence-electron chi connectivity index (χ2n) is 7.63. The minimum atomic E-state index is -0.0732. The number of amides is 1. The maximum atomic E-state index is 12.7. The number of nitrogens with one attached hydrogen (secondary N) is 3. The fraction of sp³-hybridized carbons (Fsp3) is 0.455. The lowest BCUT2D eigenvalue weighted by Crippen LogP contribution is -2.47. The van der Waals surface area contributed by atoms with Crippen LogP contribution in [0.3, 0.4) is 0 Å². The second kappa shape index (κ2) is 9.53. The average molecular weight is 445 g/mol. The van der Waals surface area contributed by atoms with Gasteiger partial charge in [0.05, 0.1) is 22.9 Å². The Balaban J connectivity index is 1.57. The molecule has 0 saturated heterocycles. The number of ether oxygens (including phenoxy) is 1. The number of rotatable bonds is 8. The molecule has 160 valence electrons. The van der Waals surface area contributed by atoms with Crippen molar-refractivity contribution in [2.45, 2.75) is 38.4 Å². The Morgan fingerprint density at radius 2 is 2.10 bits per heavy atom. The molecule has 3 N–H and O–H groups in total. The molecule has 3 heterocycles. The Kier molecular flexibility index (Phi) is 6.80. The number of fused-ring (bicyclic) bond motifs is 2. The highest BCUT2D eigenvalue weighted by Gasteiger charge is 2.35. The van der Waals surface area contributed by atoms with Crippen LogP contribution >= 0.6 is 22.7 Å². The van der Waals surface area contributed by atoms with E-state index in [0.29, 0.717) is 19.6 Å². The topological polar surface area (TPSA) is 75.3 Å². The number of hydrogen-bond donors (Lipinski definition) is 3. The Bertz CT molecular complexity index is 983. The predicted octanol–water partition coefficient (Wildman–Crippen LogP) is 3.86. The largest absolute Gasteiger partial charge is 0.383 e. The molecule has 0 aliphatic carbocycles. The summed E-state index contributed by atoms with van der Waals surface area (Å²) in [6.45, 7) is 6.36. The minimum Gasteiger partial charge on any atom is -0.383 e. The van der Waals surface area contributed by atoms with Crippen molar-refractivity contribution in [1.82, 2.24) is 20.9 Å². The Hall–Kier alpha value is -1.84. The van der Waals surface area contributed by atoms with Crippen LogP contribution in [0.15, 0.2) is 29.6 Å². The van der Waals surface area contributed by atoms with E-state index in [0.717, 1.165) is 22.6 Å². The van der Waals surface area contributed by atoms with Crippen LogP contribution in [0.2, 0.25) is 0 Å². The minimum absolute atomic E-state index is 0.0560. The summed E-state index contributed by atoms with van der Waals surface area (Å²) in [5.74, 6) is 0.0560. The van der Waals surface area contributed by atoms with E-state index in [2.05, 4.69) is 47.3 Å². The number of thiazole rings is 1. The zero-order chi connectivity index (χ0) is 21.1. The normalized spacial score (nSPS) is 21.0. The maximum Gasteiger partial charge on any atom is 0.221 e. The van der Waals surface area contributed by atoms with E-state index < -0.39 is 0 Å². The van der Waals surface area contributed by atoms with Crippen molar-refractivity contribution in [3.8, 4) is 10.6 Å². The van der Waals surface area contributed by atoms with E-state index in [-0.39, 0.29) is 24.0 Å². The molecule has 0 saturated carbocycles. The zero-order valence-corrected chi connectivity index (χ0v) is 19.2. The van der Waals surface area contributed by atoms with Gasteiger partial charge in [-0.05, 0) is 26.0 Å². The van der Waals surface area contributed by atoms with Crippen LogP contribution in [0.25, 0.3) is 20.8 Å². The van der Waals surface area contributed by atoms with Crippen LogP contribution in [0.5, 0.6) is 0 Å². The first-order valence-electron chi connectivity index (χ1n) is 10.3. The van der Waals surface area contributed by atoms with E-state index >= 15 is 0 Å². The highest BCUT2D eigenvalue weighted by Crippen LogP contribution is 2.44. The van der Waals surface area contributed by atoms with Crippen LogP contribution in [0, 0.1) is 0 Å². The molecule has 3 unspecified atom stereocenters. The van der Waals surface area contributed by atoms with Crippen LogP contribution in [-0.2, 0) is 9.53 Å². The summed E-state index contributed by atoms with van der Waals surface area (Å²) in [5.41, 5.74) is 3.40. The molecule has 1 aromatic carbocycles. The van der Waals surface area contributed by atoms with Gasteiger partial charge in [-0.15, -0.1) is 22.7 Å². The van der Waals surface area contributed by atoms with Crippen molar-refractivity contribution in [1.29, 1.82) is 0 Å². The summed E-state index contributed by atoms with van der Waals surface area (Å²) in [6.07, 6.45) is 0.443. The molecular weight excluding hydrogens is 416 g/mol. The molecule has 0 fully saturated rings. The molecule has 4 rings (SSSR count). The first kappa shape index (κ1) is 21.4. The van der Waals surface area contributed by atoms with E-state index in [1.54, 1.807) is 29.8 Å². The lowest BCUT2D eigenvalue weighted by atomic mass is 9.90. The van der Waals surface area contributed by atoms with Crippen molar-refractivity contribution in [2.24, 2.45) is 0 Å². The van der Waals surface area contributed by atoms with E-state index in [4.69, 9.17) is 9.72 Å². The molecular formula is C22H28N4O2S2. The van der Waals surface area contributed by atoms with Gasteiger partial charge in [0.25, 0.3) is 0 Å². The number of para-hydroxylation sites is 1. The standard InChI is InChI=1S/C22H28N4O2S2/c1-13-20(26-18(27)8-9-23-10-11-28-3)19-15(12-29-21(19)14(2)24-13)22-25-16-6-4-5-7-17(16)30-22/h4-7,12-14,20,23-24H,8-11H2,1-3H3,(H,26,27). The molecule has 2 aromatic heterocycles. The first-order valence-corrected chi connectivity index (χ1v) is 12.0. The van der Waals surface area contributed by atoms with E-state index in [1.807, 2.05) is 12.1 Å². The number of carbonyl (C=O) groups is 1. The second-order valence-corrected chi connectivity index (χ2v) is 9.57. The molecule has 1 aliphatic heterocycles. The molecule has 6 nitrogen and oxygen atoms in total. The average Bonchev–Trinajstić information content (AvgIpc) is 3.35. The highest BCUT2D eigenvalue weighted by molar-refractivity contribution is 7.22. The van der Waals surface area contributed by atoms with Crippen molar-refractivity contribution in [3.63, 3.8) is 0 Å². The molecule has 1 aliphatic rings. The van der Waals surface area contributed by atoms with Gasteiger partial charge in [0.15, 0.2) is 0 Å². The first-order chi connectivity index (χ1) is 14.6. The quantitative estimate of drug-likeness (QED) is 0.460. The third-order valence-electron chi connectivity index (χ3n) is 5.43. The molecule has 3 atom stereocenters. The number of methoxy groups -OCH3 is 1. The number of nitrogens with zero attached hydrogens (tertiary/aromatic N) is 1. The number of thiophene rings is 1. The number of hydrogen-bond acceptors (Lipinski definition) is 7. The van der Waals surface area contributed by atoms with Gasteiger partial charge in [0.1, 0.15) is 5.01 Å². The molecule has 0 radical (unpaired) electrons. The molecule has 3 aromatic rings. The van der Waals surface area contributed by atoms with Gasteiger partial charge in [-0.1, -0.05) is 12.1 Å².